The van der Waals surface area contributed by atoms with Crippen molar-refractivity contribution in [2.24, 2.45) is 0 Å². The van der Waals surface area contributed by atoms with E-state index in [1.165, 1.54) is 3.57 Å². The highest BCUT2D eigenvalue weighted by Crippen LogP contribution is 2.09. The summed E-state index contributed by atoms with van der Waals surface area (Å²) in [5.41, 5.74) is 0. The summed E-state index contributed by atoms with van der Waals surface area (Å²) in [6, 6.07) is 10.1. The molecule has 0 spiro atoms. The number of hydrogen-bond acceptors (Lipinski definition) is 3. The Kier molecular flexibility index (Phi) is 6.70. The Balaban J connectivity index is 2.69. The zero-order chi connectivity index (χ0) is 13.4. The molecule has 0 aromatic heterocycles. The average Bonchev–Trinajstić information content (AvgIpc) is 2.32. The van der Waals surface area contributed by atoms with Crippen LogP contribution < -0.4 is 21.2 Å². The molecule has 0 unspecified atom stereocenters. The molecule has 18 heavy (non-hydrogen) atoms. The standard InChI is InChI=1S/C13H18IO3S/c1-3-4-10-13(17-18(2,15)16)11-14-12-8-6-5-7-9-12/h5-9,11H,3-4,10H2,1-2H3/q+1. The van der Waals surface area contributed by atoms with Crippen LogP contribution >= 0.6 is 0 Å². The average molecular weight is 381 g/mol. The van der Waals surface area contributed by atoms with Crippen molar-refractivity contribution in [3.63, 3.8) is 0 Å². The molecule has 0 radical (unpaired) electrons. The van der Waals surface area contributed by atoms with Gasteiger partial charge in [-0.3, -0.25) is 0 Å². The summed E-state index contributed by atoms with van der Waals surface area (Å²) >= 11 is -0.337. The molecule has 5 heteroatoms. The summed E-state index contributed by atoms with van der Waals surface area (Å²) in [7, 11) is -3.41. The van der Waals surface area contributed by atoms with Crippen molar-refractivity contribution in [2.75, 3.05) is 6.26 Å². The van der Waals surface area contributed by atoms with Crippen molar-refractivity contribution in [1.29, 1.82) is 0 Å². The van der Waals surface area contributed by atoms with Gasteiger partial charge >= 0.3 is 31.3 Å². The highest BCUT2D eigenvalue weighted by Gasteiger charge is 2.14. The molecule has 0 saturated heterocycles. The Bertz CT molecular complexity index is 480. The van der Waals surface area contributed by atoms with E-state index in [9.17, 15) is 8.42 Å². The van der Waals surface area contributed by atoms with E-state index in [0.717, 1.165) is 19.1 Å². The highest BCUT2D eigenvalue weighted by atomic mass is 127. The van der Waals surface area contributed by atoms with Gasteiger partial charge in [-0.1, -0.05) is 31.5 Å². The van der Waals surface area contributed by atoms with Crippen LogP contribution in [0.25, 0.3) is 0 Å². The van der Waals surface area contributed by atoms with Crippen molar-refractivity contribution in [3.05, 3.63) is 43.7 Å². The lowest BCUT2D eigenvalue weighted by Crippen LogP contribution is -3.59. The van der Waals surface area contributed by atoms with E-state index in [4.69, 9.17) is 4.18 Å². The summed E-state index contributed by atoms with van der Waals surface area (Å²) < 4.78 is 30.6. The molecule has 3 nitrogen and oxygen atoms in total. The fraction of sp³-hybridized carbons (Fsp3) is 0.385. The molecule has 0 bridgehead atoms. The zero-order valence-electron chi connectivity index (χ0n) is 10.6. The van der Waals surface area contributed by atoms with Gasteiger partial charge in [0.05, 0.1) is 6.26 Å². The Morgan fingerprint density at radius 3 is 2.56 bits per heavy atom. The predicted molar refractivity (Wildman–Crippen MR) is 68.7 cm³/mol. The van der Waals surface area contributed by atoms with Crippen LogP contribution in [0.5, 0.6) is 0 Å². The van der Waals surface area contributed by atoms with Gasteiger partial charge in [0, 0.05) is 6.42 Å². The fourth-order valence-corrected chi connectivity index (χ4v) is 3.94. The minimum absolute atomic E-state index is 0.337. The maximum absolute atomic E-state index is 11.2. The van der Waals surface area contributed by atoms with Crippen molar-refractivity contribution in [1.82, 2.24) is 0 Å². The summed E-state index contributed by atoms with van der Waals surface area (Å²) in [6.45, 7) is 2.07. The summed E-state index contributed by atoms with van der Waals surface area (Å²) in [5, 5.41) is 0. The molecule has 0 heterocycles. The molecular weight excluding hydrogens is 363 g/mol. The van der Waals surface area contributed by atoms with E-state index < -0.39 is 10.1 Å². The lowest BCUT2D eigenvalue weighted by atomic mass is 10.2. The molecule has 1 rings (SSSR count). The van der Waals surface area contributed by atoms with Gasteiger partial charge in [-0.2, -0.15) is 8.42 Å². The Morgan fingerprint density at radius 1 is 1.33 bits per heavy atom. The maximum atomic E-state index is 11.2. The third-order valence-electron chi connectivity index (χ3n) is 2.07. The van der Waals surface area contributed by atoms with Crippen LogP contribution in [-0.2, 0) is 14.3 Å². The number of hydrogen-bond donors (Lipinski definition) is 0. The molecule has 0 aliphatic heterocycles. The molecule has 1 aromatic carbocycles. The third-order valence-corrected chi connectivity index (χ3v) is 5.03. The van der Waals surface area contributed by atoms with E-state index in [1.807, 2.05) is 22.3 Å². The van der Waals surface area contributed by atoms with Crippen molar-refractivity contribution < 1.29 is 33.8 Å². The lowest BCUT2D eigenvalue weighted by Gasteiger charge is -2.03. The van der Waals surface area contributed by atoms with Crippen LogP contribution in [0.2, 0.25) is 0 Å². The van der Waals surface area contributed by atoms with Gasteiger partial charge in [-0.25, -0.2) is 0 Å². The summed E-state index contributed by atoms with van der Waals surface area (Å²) in [4.78, 5) is 0. The molecule has 0 aliphatic carbocycles. The van der Waals surface area contributed by atoms with Crippen LogP contribution in [0.3, 0.4) is 0 Å². The quantitative estimate of drug-likeness (QED) is 0.378. The third kappa shape index (κ3) is 7.00. The normalized spacial score (nSPS) is 12.4. The second-order valence-corrected chi connectivity index (χ2v) is 7.94. The number of benzene rings is 1. The molecule has 100 valence electrons. The van der Waals surface area contributed by atoms with Crippen molar-refractivity contribution in [2.45, 2.75) is 26.2 Å². The first-order chi connectivity index (χ1) is 8.51. The Morgan fingerprint density at radius 2 is 2.00 bits per heavy atom. The number of rotatable bonds is 7. The fourth-order valence-electron chi connectivity index (χ4n) is 1.27. The molecule has 0 N–H and O–H groups in total. The maximum Gasteiger partial charge on any atom is 0.353 e. The first kappa shape index (κ1) is 15.5. The molecular formula is C13H18IO3S+. The monoisotopic (exact) mass is 381 g/mol. The van der Waals surface area contributed by atoms with Crippen LogP contribution in [0, 0.1) is 3.57 Å². The first-order valence-electron chi connectivity index (χ1n) is 5.78. The van der Waals surface area contributed by atoms with Gasteiger partial charge in [0.1, 0.15) is 0 Å². The second-order valence-electron chi connectivity index (χ2n) is 3.87. The van der Waals surface area contributed by atoms with E-state index in [-0.39, 0.29) is 21.2 Å². The Labute approximate surface area is 120 Å². The molecule has 0 fully saturated rings. The van der Waals surface area contributed by atoms with Gasteiger partial charge < -0.3 is 4.18 Å². The molecule has 0 aliphatic rings. The molecule has 0 atom stereocenters. The van der Waals surface area contributed by atoms with Crippen molar-refractivity contribution in [3.8, 4) is 0 Å². The molecule has 0 amide bonds. The van der Waals surface area contributed by atoms with Gasteiger partial charge in [0.2, 0.25) is 0 Å². The van der Waals surface area contributed by atoms with Crippen LogP contribution in [0.1, 0.15) is 26.2 Å². The largest absolute Gasteiger partial charge is 0.383 e. The lowest BCUT2D eigenvalue weighted by molar-refractivity contribution is -0.558. The summed E-state index contributed by atoms with van der Waals surface area (Å²) in [6.07, 6.45) is 3.75. The smallest absolute Gasteiger partial charge is 0.353 e. The predicted octanol–water partition coefficient (Wildman–Crippen LogP) is -0.0470. The van der Waals surface area contributed by atoms with Crippen LogP contribution in [0.4, 0.5) is 0 Å². The number of unbranched alkanes of at least 4 members (excludes halogenated alkanes) is 1. The minimum Gasteiger partial charge on any atom is -0.383 e. The minimum atomic E-state index is -3.41. The summed E-state index contributed by atoms with van der Waals surface area (Å²) in [5.74, 6) is 0.594. The van der Waals surface area contributed by atoms with Gasteiger partial charge in [-0.15, -0.1) is 0 Å². The molecule has 1 aromatic rings. The van der Waals surface area contributed by atoms with Gasteiger partial charge in [0.25, 0.3) is 0 Å². The SMILES string of the molecule is CCCCC(=C[I+]c1ccccc1)OS(C)(=O)=O. The number of halogens is 1. The second kappa shape index (κ2) is 7.78. The van der Waals surface area contributed by atoms with E-state index in [2.05, 4.69) is 19.1 Å². The van der Waals surface area contributed by atoms with E-state index in [1.54, 1.807) is 0 Å². The van der Waals surface area contributed by atoms with Crippen LogP contribution in [-0.4, -0.2) is 14.7 Å². The zero-order valence-corrected chi connectivity index (χ0v) is 13.6. The van der Waals surface area contributed by atoms with E-state index >= 15 is 0 Å². The Hall–Kier alpha value is -0.560. The van der Waals surface area contributed by atoms with Crippen molar-refractivity contribution >= 4 is 10.1 Å². The van der Waals surface area contributed by atoms with Gasteiger partial charge in [-0.05, 0) is 18.6 Å². The number of allylic oxidation sites excluding steroid dienone is 1. The van der Waals surface area contributed by atoms with E-state index in [0.29, 0.717) is 12.2 Å². The van der Waals surface area contributed by atoms with Gasteiger partial charge in [0.15, 0.2) is 13.4 Å². The molecule has 0 saturated carbocycles. The first-order valence-corrected chi connectivity index (χ1v) is 9.92. The topological polar surface area (TPSA) is 43.4 Å². The highest BCUT2D eigenvalue weighted by molar-refractivity contribution is 7.86. The van der Waals surface area contributed by atoms with Crippen LogP contribution in [0.15, 0.2) is 40.2 Å².